The average Bonchev–Trinajstić information content (AvgIpc) is 3.45. The van der Waals surface area contributed by atoms with Crippen LogP contribution in [-0.2, 0) is 9.78 Å². The van der Waals surface area contributed by atoms with E-state index in [-0.39, 0.29) is 17.4 Å². The maximum atomic E-state index is 10.7. The minimum atomic E-state index is -1.20. The van der Waals surface area contributed by atoms with Crippen LogP contribution in [0.5, 0.6) is 0 Å². The summed E-state index contributed by atoms with van der Waals surface area (Å²) in [6, 6.07) is 0. The monoisotopic (exact) mass is 443 g/mol. The lowest BCUT2D eigenvalue weighted by atomic mass is 9.60. The molecule has 1 heterocycles. The third kappa shape index (κ3) is 3.94. The molecule has 8 atom stereocenters. The van der Waals surface area contributed by atoms with Crippen molar-refractivity contribution < 1.29 is 25.1 Å². The van der Waals surface area contributed by atoms with Gasteiger partial charge in [0.25, 0.3) is 0 Å². The molecular weight excluding hydrogens is 404 g/mol. The van der Waals surface area contributed by atoms with Crippen LogP contribution in [0.25, 0.3) is 0 Å². The normalized spacial score (nSPS) is 48.4. The second-order valence-electron chi connectivity index (χ2n) is 11.4. The summed E-state index contributed by atoms with van der Waals surface area (Å²) in [6.07, 6.45) is 13.8. The zero-order valence-corrected chi connectivity index (χ0v) is 19.5. The highest BCUT2D eigenvalue weighted by molar-refractivity contribution is 5.38. The molecule has 1 saturated heterocycles. The van der Waals surface area contributed by atoms with E-state index >= 15 is 0 Å². The number of rotatable bonds is 4. The van der Waals surface area contributed by atoms with Crippen LogP contribution >= 0.6 is 0 Å². The predicted molar refractivity (Wildman–Crippen MR) is 122 cm³/mol. The molecule has 1 radical (unpaired) electrons. The van der Waals surface area contributed by atoms with Crippen LogP contribution in [0, 0.1) is 35.5 Å². The predicted octanol–water partition coefficient (Wildman–Crippen LogP) is 4.40. The first-order valence-electron chi connectivity index (χ1n) is 12.6. The van der Waals surface area contributed by atoms with Crippen LogP contribution in [0.4, 0.5) is 0 Å². The Hall–Kier alpha value is -0.980. The van der Waals surface area contributed by atoms with E-state index in [9.17, 15) is 15.3 Å². The fourth-order valence-electron chi connectivity index (χ4n) is 7.20. The Kier molecular flexibility index (Phi) is 5.95. The van der Waals surface area contributed by atoms with Crippen LogP contribution in [0.2, 0.25) is 0 Å². The van der Waals surface area contributed by atoms with E-state index in [2.05, 4.69) is 32.6 Å². The molecule has 5 fully saturated rings. The Bertz CT molecular complexity index is 813. The van der Waals surface area contributed by atoms with Crippen LogP contribution in [-0.4, -0.2) is 39.4 Å². The number of hydrogen-bond acceptors (Lipinski definition) is 5. The average molecular weight is 444 g/mol. The summed E-state index contributed by atoms with van der Waals surface area (Å²) in [4.78, 5) is 11.1. The number of allylic oxidation sites excluding steroid dienone is 3. The van der Waals surface area contributed by atoms with Gasteiger partial charge in [-0.15, -0.1) is 0 Å². The molecule has 4 aliphatic carbocycles. The van der Waals surface area contributed by atoms with Crippen molar-refractivity contribution in [2.75, 3.05) is 0 Å². The molecule has 0 bridgehead atoms. The second-order valence-corrected chi connectivity index (χ2v) is 11.4. The molecule has 0 aromatic carbocycles. The molecule has 0 spiro atoms. The number of aliphatic hydroxyl groups excluding tert-OH is 2. The molecule has 0 aromatic heterocycles. The summed E-state index contributed by atoms with van der Waals surface area (Å²) in [6.45, 7) is 8.76. The number of hydrogen-bond donors (Lipinski definition) is 3. The first-order chi connectivity index (χ1) is 15.2. The zero-order valence-electron chi connectivity index (χ0n) is 19.5. The summed E-state index contributed by atoms with van der Waals surface area (Å²) < 4.78 is 0. The van der Waals surface area contributed by atoms with Gasteiger partial charge in [0.2, 0.25) is 5.79 Å². The Labute approximate surface area is 192 Å². The minimum absolute atomic E-state index is 0.161. The van der Waals surface area contributed by atoms with Gasteiger partial charge in [0, 0.05) is 12.3 Å². The molecule has 5 aliphatic rings. The Morgan fingerprint density at radius 3 is 2.72 bits per heavy atom. The molecule has 3 N–H and O–H groups in total. The van der Waals surface area contributed by atoms with Crippen molar-refractivity contribution in [2.45, 2.75) is 95.7 Å². The lowest BCUT2D eigenvalue weighted by Crippen LogP contribution is -2.40. The molecular formula is C27H39O5. The van der Waals surface area contributed by atoms with E-state index in [1.807, 2.05) is 6.42 Å². The van der Waals surface area contributed by atoms with Gasteiger partial charge in [-0.2, -0.15) is 0 Å². The maximum Gasteiger partial charge on any atom is 0.208 e. The van der Waals surface area contributed by atoms with E-state index in [0.29, 0.717) is 30.6 Å². The Balaban J connectivity index is 1.31. The van der Waals surface area contributed by atoms with Crippen LogP contribution in [0.1, 0.15) is 71.6 Å². The van der Waals surface area contributed by atoms with Gasteiger partial charge in [0.15, 0.2) is 0 Å². The second kappa shape index (κ2) is 8.35. The molecule has 5 heteroatoms. The van der Waals surface area contributed by atoms with Crippen molar-refractivity contribution in [3.8, 4) is 0 Å². The van der Waals surface area contributed by atoms with Gasteiger partial charge < -0.3 is 15.3 Å². The fraction of sp³-hybridized carbons (Fsp3) is 0.741. The fourth-order valence-corrected chi connectivity index (χ4v) is 7.20. The van der Waals surface area contributed by atoms with Crippen molar-refractivity contribution >= 4 is 0 Å². The van der Waals surface area contributed by atoms with Crippen molar-refractivity contribution in [1.29, 1.82) is 0 Å². The molecule has 0 aromatic rings. The van der Waals surface area contributed by atoms with Gasteiger partial charge in [-0.25, -0.2) is 9.78 Å². The lowest BCUT2D eigenvalue weighted by Gasteiger charge is -2.45. The minimum Gasteiger partial charge on any atom is -0.393 e. The largest absolute Gasteiger partial charge is 0.393 e. The highest BCUT2D eigenvalue weighted by Crippen LogP contribution is 2.61. The molecule has 5 nitrogen and oxygen atoms in total. The summed E-state index contributed by atoms with van der Waals surface area (Å²) in [5, 5.41) is 30.9. The molecule has 4 saturated carbocycles. The van der Waals surface area contributed by atoms with Gasteiger partial charge in [0.05, 0.1) is 18.6 Å². The van der Waals surface area contributed by atoms with E-state index in [4.69, 9.17) is 9.78 Å². The molecule has 4 unspecified atom stereocenters. The van der Waals surface area contributed by atoms with Crippen molar-refractivity contribution in [1.82, 2.24) is 0 Å². The third-order valence-electron chi connectivity index (χ3n) is 9.31. The van der Waals surface area contributed by atoms with Gasteiger partial charge in [-0.3, -0.25) is 0 Å². The first-order valence-corrected chi connectivity index (χ1v) is 12.6. The number of aliphatic hydroxyl groups is 3. The molecule has 32 heavy (non-hydrogen) atoms. The van der Waals surface area contributed by atoms with E-state index < -0.39 is 18.0 Å². The maximum absolute atomic E-state index is 10.7. The third-order valence-corrected chi connectivity index (χ3v) is 9.31. The highest BCUT2D eigenvalue weighted by Gasteiger charge is 2.57. The zero-order chi connectivity index (χ0) is 22.7. The van der Waals surface area contributed by atoms with E-state index in [1.54, 1.807) is 0 Å². The molecule has 0 amide bonds. The summed E-state index contributed by atoms with van der Waals surface area (Å²) in [5.41, 5.74) is 3.43. The highest BCUT2D eigenvalue weighted by atomic mass is 17.2. The van der Waals surface area contributed by atoms with Gasteiger partial charge in [-0.05, 0) is 85.7 Å². The summed E-state index contributed by atoms with van der Waals surface area (Å²) in [7, 11) is 0. The molecule has 177 valence electrons. The van der Waals surface area contributed by atoms with Crippen LogP contribution < -0.4 is 0 Å². The van der Waals surface area contributed by atoms with Gasteiger partial charge in [-0.1, -0.05) is 38.2 Å². The summed E-state index contributed by atoms with van der Waals surface area (Å²) >= 11 is 0. The lowest BCUT2D eigenvalue weighted by molar-refractivity contribution is -0.386. The van der Waals surface area contributed by atoms with E-state index in [1.165, 1.54) is 24.8 Å². The Morgan fingerprint density at radius 1 is 1.19 bits per heavy atom. The molecule has 5 rings (SSSR count). The van der Waals surface area contributed by atoms with Crippen molar-refractivity contribution in [2.24, 2.45) is 29.1 Å². The van der Waals surface area contributed by atoms with E-state index in [0.717, 1.165) is 36.8 Å². The quantitative estimate of drug-likeness (QED) is 0.562. The van der Waals surface area contributed by atoms with Gasteiger partial charge in [0.1, 0.15) is 6.10 Å². The Morgan fingerprint density at radius 2 is 1.97 bits per heavy atom. The SMILES string of the molecule is C=C1/C(=C\C=C2/CCC[C@@]3(C)C2CC[C@@H]3C(C)C2[CH]C(O)(C3CC3)OO2)C[C@@H](O)C[C@@H]1O. The van der Waals surface area contributed by atoms with Crippen molar-refractivity contribution in [3.05, 3.63) is 41.9 Å². The van der Waals surface area contributed by atoms with Crippen molar-refractivity contribution in [3.63, 3.8) is 0 Å². The smallest absolute Gasteiger partial charge is 0.208 e. The van der Waals surface area contributed by atoms with Gasteiger partial charge >= 0.3 is 0 Å². The first kappa shape index (κ1) is 22.8. The standard InChI is InChI=1S/C27H39O5/c1-16-19(13-21(28)14-24(16)29)7-6-18-5-4-12-26(3)22(10-11-23(18)26)17(2)25-15-27(30,32-31-25)20-8-9-20/h6-7,15,17,20-25,28-30H,1,4-5,8-14H2,2-3H3/b18-6+,19-7-/t17?,21-,22-,23?,24+,25?,26-,27?/m1/s1. The number of fused-ring (bicyclic) bond motifs is 1. The summed E-state index contributed by atoms with van der Waals surface area (Å²) in [5.74, 6) is 0.342. The van der Waals surface area contributed by atoms with Crippen LogP contribution in [0.15, 0.2) is 35.5 Å². The topological polar surface area (TPSA) is 79.2 Å². The van der Waals surface area contributed by atoms with Crippen LogP contribution in [0.3, 0.4) is 0 Å². The molecule has 1 aliphatic heterocycles.